The van der Waals surface area contributed by atoms with Crippen LogP contribution in [-0.4, -0.2) is 22.4 Å². The van der Waals surface area contributed by atoms with Gasteiger partial charge in [-0.1, -0.05) is 0 Å². The lowest BCUT2D eigenvalue weighted by Gasteiger charge is -2.39. The lowest BCUT2D eigenvalue weighted by molar-refractivity contribution is -0.0510. The van der Waals surface area contributed by atoms with Crippen LogP contribution in [0.25, 0.3) is 0 Å². The molecule has 0 unspecified atom stereocenters. The summed E-state index contributed by atoms with van der Waals surface area (Å²) in [6.45, 7) is 0.181. The molecule has 0 radical (unpaired) electrons. The van der Waals surface area contributed by atoms with Crippen molar-refractivity contribution in [2.75, 3.05) is 6.54 Å². The highest BCUT2D eigenvalue weighted by atomic mass is 19.3. The van der Waals surface area contributed by atoms with E-state index in [1.165, 1.54) is 12.4 Å². The molecule has 0 aliphatic heterocycles. The monoisotopic (exact) mass is 277 g/mol. The van der Waals surface area contributed by atoms with Crippen molar-refractivity contribution in [3.8, 4) is 0 Å². The molecule has 1 fully saturated rings. The van der Waals surface area contributed by atoms with Crippen molar-refractivity contribution in [2.45, 2.75) is 43.4 Å². The van der Waals surface area contributed by atoms with Gasteiger partial charge in [0.25, 0.3) is 6.43 Å². The molecule has 0 saturated heterocycles. The first-order chi connectivity index (χ1) is 8.88. The van der Waals surface area contributed by atoms with Crippen molar-refractivity contribution in [1.29, 1.82) is 0 Å². The highest BCUT2D eigenvalue weighted by Crippen LogP contribution is 2.44. The van der Waals surface area contributed by atoms with Gasteiger partial charge in [0.05, 0.1) is 0 Å². The molecule has 1 saturated carbocycles. The number of aromatic nitrogens is 2. The van der Waals surface area contributed by atoms with Crippen molar-refractivity contribution in [1.82, 2.24) is 9.97 Å². The van der Waals surface area contributed by atoms with Gasteiger partial charge in [-0.25, -0.2) is 27.5 Å². The Morgan fingerprint density at radius 3 is 2.05 bits per heavy atom. The van der Waals surface area contributed by atoms with Crippen LogP contribution in [0.1, 0.15) is 43.5 Å². The van der Waals surface area contributed by atoms with Crippen LogP contribution < -0.4 is 5.73 Å². The summed E-state index contributed by atoms with van der Waals surface area (Å²) < 4.78 is 51.1. The van der Waals surface area contributed by atoms with Gasteiger partial charge in [-0.3, -0.25) is 0 Å². The fourth-order valence-electron chi connectivity index (χ4n) is 2.43. The van der Waals surface area contributed by atoms with Crippen LogP contribution in [0, 0.1) is 0 Å². The molecule has 1 aromatic rings. The molecule has 0 amide bonds. The van der Waals surface area contributed by atoms with Crippen LogP contribution in [0.15, 0.2) is 12.4 Å². The average Bonchev–Trinajstić information content (AvgIpc) is 2.40. The van der Waals surface area contributed by atoms with Gasteiger partial charge in [0, 0.05) is 37.2 Å². The lowest BCUT2D eigenvalue weighted by atomic mass is 9.69. The van der Waals surface area contributed by atoms with Gasteiger partial charge in [0.2, 0.25) is 5.92 Å². The molecular formula is C12H15F4N3. The zero-order valence-corrected chi connectivity index (χ0v) is 10.3. The molecule has 0 atom stereocenters. The maximum atomic E-state index is 13.2. The maximum absolute atomic E-state index is 13.2. The smallest absolute Gasteiger partial charge is 0.297 e. The molecular weight excluding hydrogens is 262 g/mol. The second-order valence-corrected chi connectivity index (χ2v) is 4.97. The van der Waals surface area contributed by atoms with Gasteiger partial charge < -0.3 is 5.73 Å². The molecule has 0 bridgehead atoms. The first-order valence-corrected chi connectivity index (χ1v) is 6.07. The fourth-order valence-corrected chi connectivity index (χ4v) is 2.43. The lowest BCUT2D eigenvalue weighted by Crippen LogP contribution is -2.42. The number of nitrogens with zero attached hydrogens (tertiary/aromatic N) is 2. The zero-order chi connectivity index (χ0) is 14.1. The van der Waals surface area contributed by atoms with E-state index in [4.69, 9.17) is 5.73 Å². The summed E-state index contributed by atoms with van der Waals surface area (Å²) in [7, 11) is 0. The molecule has 0 spiro atoms. The van der Waals surface area contributed by atoms with E-state index in [0.717, 1.165) is 0 Å². The Morgan fingerprint density at radius 2 is 1.63 bits per heavy atom. The highest BCUT2D eigenvalue weighted by Gasteiger charge is 2.43. The number of rotatable bonds is 3. The van der Waals surface area contributed by atoms with Crippen LogP contribution in [0.4, 0.5) is 17.6 Å². The van der Waals surface area contributed by atoms with Crippen LogP contribution in [0.2, 0.25) is 0 Å². The van der Waals surface area contributed by atoms with E-state index in [-0.39, 0.29) is 32.2 Å². The van der Waals surface area contributed by atoms with Gasteiger partial charge in [-0.05, 0) is 18.4 Å². The van der Waals surface area contributed by atoms with Crippen LogP contribution in [-0.2, 0) is 5.41 Å². The molecule has 1 aliphatic rings. The number of hydrogen-bond donors (Lipinski definition) is 1. The van der Waals surface area contributed by atoms with Crippen molar-refractivity contribution in [3.05, 3.63) is 23.8 Å². The van der Waals surface area contributed by atoms with Crippen molar-refractivity contribution in [3.63, 3.8) is 0 Å². The third-order valence-electron chi connectivity index (χ3n) is 3.81. The maximum Gasteiger partial charge on any atom is 0.297 e. The minimum Gasteiger partial charge on any atom is -0.330 e. The first kappa shape index (κ1) is 14.2. The summed E-state index contributed by atoms with van der Waals surface area (Å²) in [5.41, 5.74) is 5.65. The second-order valence-electron chi connectivity index (χ2n) is 4.97. The molecule has 2 N–H and O–H groups in total. The van der Waals surface area contributed by atoms with Gasteiger partial charge in [-0.2, -0.15) is 0 Å². The minimum absolute atomic E-state index is 0.181. The van der Waals surface area contributed by atoms with Crippen molar-refractivity contribution >= 4 is 0 Å². The molecule has 3 nitrogen and oxygen atoms in total. The third kappa shape index (κ3) is 2.86. The normalized spacial score (nSPS) is 21.6. The number of alkyl halides is 4. The van der Waals surface area contributed by atoms with Crippen molar-refractivity contribution < 1.29 is 17.6 Å². The van der Waals surface area contributed by atoms with Gasteiger partial charge >= 0.3 is 0 Å². The Kier molecular flexibility index (Phi) is 3.75. The predicted octanol–water partition coefficient (Wildman–Crippen LogP) is 2.82. The van der Waals surface area contributed by atoms with Crippen LogP contribution in [0.5, 0.6) is 0 Å². The molecule has 19 heavy (non-hydrogen) atoms. The van der Waals surface area contributed by atoms with E-state index in [2.05, 4.69) is 9.97 Å². The van der Waals surface area contributed by atoms with Gasteiger partial charge in [0.1, 0.15) is 0 Å². The van der Waals surface area contributed by atoms with Gasteiger partial charge in [0.15, 0.2) is 5.82 Å². The second kappa shape index (κ2) is 5.03. The van der Waals surface area contributed by atoms with Crippen LogP contribution in [0.3, 0.4) is 0 Å². The fraction of sp³-hybridized carbons (Fsp3) is 0.667. The molecule has 7 heteroatoms. The third-order valence-corrected chi connectivity index (χ3v) is 3.81. The van der Waals surface area contributed by atoms with Crippen molar-refractivity contribution in [2.24, 2.45) is 5.73 Å². The first-order valence-electron chi connectivity index (χ1n) is 6.07. The average molecular weight is 277 g/mol. The van der Waals surface area contributed by atoms with E-state index in [1.54, 1.807) is 0 Å². The summed E-state index contributed by atoms with van der Waals surface area (Å²) in [4.78, 5) is 7.16. The summed E-state index contributed by atoms with van der Waals surface area (Å²) in [6, 6.07) is 0. The van der Waals surface area contributed by atoms with Gasteiger partial charge in [-0.15, -0.1) is 0 Å². The minimum atomic E-state index is -2.74. The molecule has 106 valence electrons. The summed E-state index contributed by atoms with van der Waals surface area (Å²) in [5, 5.41) is 0. The molecule has 0 aromatic carbocycles. The van der Waals surface area contributed by atoms with E-state index in [1.807, 2.05) is 0 Å². The standard InChI is InChI=1S/C12H15F4N3/c13-9(14)10-18-5-8(6-19-10)11(7-17)1-3-12(15,16)4-2-11/h5-6,9H,1-4,7,17H2. The van der Waals surface area contributed by atoms with E-state index in [0.29, 0.717) is 5.56 Å². The number of nitrogens with two attached hydrogens (primary N) is 1. The summed E-state index contributed by atoms with van der Waals surface area (Å²) in [6.07, 6.45) is -0.238. The van der Waals surface area contributed by atoms with E-state index < -0.39 is 23.6 Å². The Hall–Kier alpha value is -1.24. The molecule has 1 heterocycles. The quantitative estimate of drug-likeness (QED) is 0.864. The number of hydrogen-bond acceptors (Lipinski definition) is 3. The molecule has 2 rings (SSSR count). The molecule has 1 aromatic heterocycles. The van der Waals surface area contributed by atoms with E-state index in [9.17, 15) is 17.6 Å². The topological polar surface area (TPSA) is 51.8 Å². The largest absolute Gasteiger partial charge is 0.330 e. The Morgan fingerprint density at radius 1 is 1.11 bits per heavy atom. The predicted molar refractivity (Wildman–Crippen MR) is 61.1 cm³/mol. The van der Waals surface area contributed by atoms with E-state index >= 15 is 0 Å². The summed E-state index contributed by atoms with van der Waals surface area (Å²) in [5.74, 6) is -3.22. The Balaban J connectivity index is 2.22. The Bertz CT molecular complexity index is 423. The highest BCUT2D eigenvalue weighted by molar-refractivity contribution is 5.22. The zero-order valence-electron chi connectivity index (χ0n) is 10.3. The van der Waals surface area contributed by atoms with Crippen LogP contribution >= 0.6 is 0 Å². The molecule has 1 aliphatic carbocycles. The Labute approximate surface area is 108 Å². The number of halogens is 4. The SMILES string of the molecule is NCC1(c2cnc(C(F)F)nc2)CCC(F)(F)CC1. The summed E-state index contributed by atoms with van der Waals surface area (Å²) >= 11 is 0.